The Morgan fingerprint density at radius 1 is 1.37 bits per heavy atom. The quantitative estimate of drug-likeness (QED) is 0.724. The molecule has 0 saturated heterocycles. The van der Waals surface area contributed by atoms with Crippen molar-refractivity contribution < 1.29 is 24.4 Å². The highest BCUT2D eigenvalue weighted by Gasteiger charge is 2.24. The summed E-state index contributed by atoms with van der Waals surface area (Å²) in [6, 6.07) is 7.14. The number of hydrogen-bond acceptors (Lipinski definition) is 3. The van der Waals surface area contributed by atoms with Gasteiger partial charge in [-0.3, -0.25) is 0 Å². The molecule has 6 nitrogen and oxygen atoms in total. The monoisotopic (exact) mass is 262 g/mol. The number of fused-ring (bicyclic) bond motifs is 1. The second kappa shape index (κ2) is 5.09. The zero-order chi connectivity index (χ0) is 14.0. The largest absolute Gasteiger partial charge is 0.546 e. The van der Waals surface area contributed by atoms with Crippen LogP contribution in [0, 0.1) is 0 Å². The summed E-state index contributed by atoms with van der Waals surface area (Å²) in [6.07, 6.45) is 0.537. The molecular weight excluding hydrogens is 248 g/mol. The van der Waals surface area contributed by atoms with Crippen LogP contribution < -0.4 is 9.67 Å². The number of aliphatic carboxylic acids is 2. The number of benzene rings is 1. The summed E-state index contributed by atoms with van der Waals surface area (Å²) in [5, 5.41) is 19.8. The maximum atomic E-state index is 11.0. The molecule has 0 bridgehead atoms. The first-order chi connectivity index (χ1) is 9.04. The third-order valence-corrected chi connectivity index (χ3v) is 2.98. The summed E-state index contributed by atoms with van der Waals surface area (Å²) in [5.74, 6) is -1.50. The SMILES string of the molecule is CCc1n(CC(=O)[O-])c2ccccc2[n+]1CC(=O)O. The van der Waals surface area contributed by atoms with Crippen LogP contribution in [-0.4, -0.2) is 21.6 Å². The molecule has 0 amide bonds. The third-order valence-electron chi connectivity index (χ3n) is 2.98. The molecule has 1 aromatic heterocycles. The van der Waals surface area contributed by atoms with Gasteiger partial charge >= 0.3 is 5.97 Å². The van der Waals surface area contributed by atoms with Crippen molar-refractivity contribution in [3.8, 4) is 0 Å². The van der Waals surface area contributed by atoms with Gasteiger partial charge < -0.3 is 15.0 Å². The van der Waals surface area contributed by atoms with E-state index in [0.717, 1.165) is 0 Å². The first-order valence-electron chi connectivity index (χ1n) is 5.96. The van der Waals surface area contributed by atoms with Crippen LogP contribution in [-0.2, 0) is 29.1 Å². The summed E-state index contributed by atoms with van der Waals surface area (Å²) in [7, 11) is 0. The first-order valence-corrected chi connectivity index (χ1v) is 5.96. The van der Waals surface area contributed by atoms with E-state index in [2.05, 4.69) is 0 Å². The Morgan fingerprint density at radius 3 is 2.63 bits per heavy atom. The number of rotatable bonds is 5. The van der Waals surface area contributed by atoms with Crippen molar-refractivity contribution in [2.24, 2.45) is 0 Å². The van der Waals surface area contributed by atoms with Crippen LogP contribution in [0.1, 0.15) is 12.7 Å². The average molecular weight is 262 g/mol. The second-order valence-corrected chi connectivity index (χ2v) is 4.20. The number of carboxylic acid groups (broad SMARTS) is 2. The molecule has 19 heavy (non-hydrogen) atoms. The van der Waals surface area contributed by atoms with Crippen molar-refractivity contribution in [1.29, 1.82) is 0 Å². The highest BCUT2D eigenvalue weighted by Crippen LogP contribution is 2.14. The van der Waals surface area contributed by atoms with Gasteiger partial charge in [0.05, 0.1) is 5.97 Å². The Morgan fingerprint density at radius 2 is 2.05 bits per heavy atom. The summed E-state index contributed by atoms with van der Waals surface area (Å²) >= 11 is 0. The molecule has 1 N–H and O–H groups in total. The molecule has 0 fully saturated rings. The highest BCUT2D eigenvalue weighted by molar-refractivity contribution is 5.75. The maximum Gasteiger partial charge on any atom is 0.346 e. The van der Waals surface area contributed by atoms with Gasteiger partial charge in [0.2, 0.25) is 0 Å². The lowest BCUT2D eigenvalue weighted by Crippen LogP contribution is -2.42. The van der Waals surface area contributed by atoms with Crippen LogP contribution in [0.4, 0.5) is 0 Å². The summed E-state index contributed by atoms with van der Waals surface area (Å²) in [4.78, 5) is 21.8. The summed E-state index contributed by atoms with van der Waals surface area (Å²) in [6.45, 7) is 1.39. The fourth-order valence-electron chi connectivity index (χ4n) is 2.34. The van der Waals surface area contributed by atoms with Crippen LogP contribution in [0.15, 0.2) is 24.3 Å². The average Bonchev–Trinajstić information content (AvgIpc) is 2.63. The number of carboxylic acids is 2. The van der Waals surface area contributed by atoms with Gasteiger partial charge in [0.1, 0.15) is 6.54 Å². The zero-order valence-corrected chi connectivity index (χ0v) is 10.5. The second-order valence-electron chi connectivity index (χ2n) is 4.20. The first kappa shape index (κ1) is 13.1. The number of hydrogen-bond donors (Lipinski definition) is 1. The Bertz CT molecular complexity index is 592. The van der Waals surface area contributed by atoms with Gasteiger partial charge in [-0.25, -0.2) is 13.9 Å². The minimum absolute atomic E-state index is 0.191. The number of carbonyl (C=O) groups excluding carboxylic acids is 1. The van der Waals surface area contributed by atoms with Gasteiger partial charge in [0.15, 0.2) is 17.6 Å². The maximum absolute atomic E-state index is 11.0. The van der Waals surface area contributed by atoms with Gasteiger partial charge in [-0.1, -0.05) is 19.1 Å². The lowest BCUT2D eigenvalue weighted by molar-refractivity contribution is -0.668. The standard InChI is InChI=1S/C13H14N2O4/c1-2-11-14(7-12(16)17)9-5-3-4-6-10(9)15(11)8-13(18)19/h3-6H,2,7-8H2,1H3,(H-,16,17,18,19). The Kier molecular flexibility index (Phi) is 3.50. The van der Waals surface area contributed by atoms with E-state index in [9.17, 15) is 14.7 Å². The van der Waals surface area contributed by atoms with E-state index in [1.54, 1.807) is 33.4 Å². The molecule has 1 heterocycles. The van der Waals surface area contributed by atoms with E-state index in [1.165, 1.54) is 0 Å². The molecule has 2 aromatic rings. The smallest absolute Gasteiger partial charge is 0.346 e. The number of para-hydroxylation sites is 2. The number of carbonyl (C=O) groups is 2. The van der Waals surface area contributed by atoms with Crippen molar-refractivity contribution in [2.45, 2.75) is 26.4 Å². The van der Waals surface area contributed by atoms with Gasteiger partial charge in [-0.2, -0.15) is 0 Å². The highest BCUT2D eigenvalue weighted by atomic mass is 16.4. The zero-order valence-electron chi connectivity index (χ0n) is 10.5. The van der Waals surface area contributed by atoms with Crippen LogP contribution >= 0.6 is 0 Å². The Labute approximate surface area is 109 Å². The van der Waals surface area contributed by atoms with Crippen molar-refractivity contribution in [1.82, 2.24) is 4.57 Å². The molecule has 0 spiro atoms. The molecule has 0 aliphatic heterocycles. The predicted molar refractivity (Wildman–Crippen MR) is 64.2 cm³/mol. The molecule has 0 unspecified atom stereocenters. The number of nitrogens with zero attached hydrogens (tertiary/aromatic N) is 2. The third kappa shape index (κ3) is 2.42. The minimum Gasteiger partial charge on any atom is -0.546 e. The minimum atomic E-state index is -1.20. The molecule has 0 aliphatic carbocycles. The molecule has 0 atom stereocenters. The van der Waals surface area contributed by atoms with E-state index in [4.69, 9.17) is 5.11 Å². The molecule has 0 aliphatic rings. The molecule has 0 radical (unpaired) electrons. The number of imidazole rings is 1. The molecule has 2 rings (SSSR count). The van der Waals surface area contributed by atoms with E-state index in [1.807, 2.05) is 6.92 Å². The van der Waals surface area contributed by atoms with Gasteiger partial charge in [-0.05, 0) is 12.1 Å². The number of aromatic nitrogens is 2. The van der Waals surface area contributed by atoms with E-state index >= 15 is 0 Å². The molecular formula is C13H14N2O4. The molecule has 100 valence electrons. The van der Waals surface area contributed by atoms with E-state index < -0.39 is 11.9 Å². The van der Waals surface area contributed by atoms with Crippen LogP contribution in [0.3, 0.4) is 0 Å². The lowest BCUT2D eigenvalue weighted by atomic mass is 10.3. The predicted octanol–water partition coefficient (Wildman–Crippen LogP) is -0.674. The van der Waals surface area contributed by atoms with Crippen molar-refractivity contribution in [2.75, 3.05) is 0 Å². The van der Waals surface area contributed by atoms with Crippen molar-refractivity contribution >= 4 is 23.0 Å². The fraction of sp³-hybridized carbons (Fsp3) is 0.308. The lowest BCUT2D eigenvalue weighted by Gasteiger charge is -2.03. The molecule has 0 saturated carbocycles. The summed E-state index contributed by atoms with van der Waals surface area (Å²) in [5.41, 5.74) is 1.41. The van der Waals surface area contributed by atoms with Crippen LogP contribution in [0.2, 0.25) is 0 Å². The molecule has 6 heteroatoms. The fourth-order valence-corrected chi connectivity index (χ4v) is 2.34. The van der Waals surface area contributed by atoms with E-state index in [-0.39, 0.29) is 13.1 Å². The van der Waals surface area contributed by atoms with Crippen LogP contribution in [0.25, 0.3) is 11.0 Å². The van der Waals surface area contributed by atoms with Gasteiger partial charge in [0, 0.05) is 6.42 Å². The van der Waals surface area contributed by atoms with E-state index in [0.29, 0.717) is 23.3 Å². The van der Waals surface area contributed by atoms with Gasteiger partial charge in [-0.15, -0.1) is 0 Å². The molecule has 1 aromatic carbocycles. The Hall–Kier alpha value is -2.37. The normalized spacial score (nSPS) is 10.8. The summed E-state index contributed by atoms with van der Waals surface area (Å²) < 4.78 is 3.22. The topological polar surface area (TPSA) is 86.2 Å². The van der Waals surface area contributed by atoms with Crippen LogP contribution in [0.5, 0.6) is 0 Å². The van der Waals surface area contributed by atoms with Crippen molar-refractivity contribution in [3.63, 3.8) is 0 Å². The van der Waals surface area contributed by atoms with Crippen molar-refractivity contribution in [3.05, 3.63) is 30.1 Å². The van der Waals surface area contributed by atoms with Gasteiger partial charge in [0.25, 0.3) is 5.82 Å². The Balaban J connectivity index is 2.71.